The Morgan fingerprint density at radius 1 is 1.32 bits per heavy atom. The van der Waals surface area contributed by atoms with Gasteiger partial charge in [0.05, 0.1) is 34.6 Å². The van der Waals surface area contributed by atoms with Crippen molar-refractivity contribution in [3.8, 4) is 12.1 Å². The van der Waals surface area contributed by atoms with E-state index in [0.717, 1.165) is 41.5 Å². The second-order valence-electron chi connectivity index (χ2n) is 11.4. The van der Waals surface area contributed by atoms with E-state index in [4.69, 9.17) is 14.7 Å². The van der Waals surface area contributed by atoms with Crippen LogP contribution in [0.3, 0.4) is 0 Å². The molecule has 0 radical (unpaired) electrons. The average Bonchev–Trinajstić information content (AvgIpc) is 3.59. The van der Waals surface area contributed by atoms with Crippen LogP contribution in [0.25, 0.3) is 0 Å². The third-order valence-electron chi connectivity index (χ3n) is 9.04. The van der Waals surface area contributed by atoms with E-state index in [2.05, 4.69) is 40.9 Å². The number of thiophene rings is 1. The molecular weight excluding hydrogens is 526 g/mol. The molecule has 2 aromatic heterocycles. The lowest BCUT2D eigenvalue weighted by atomic mass is 9.68. The predicted molar refractivity (Wildman–Crippen MR) is 152 cm³/mol. The minimum absolute atomic E-state index is 0.0638. The van der Waals surface area contributed by atoms with Crippen molar-refractivity contribution in [3.05, 3.63) is 40.9 Å². The van der Waals surface area contributed by atoms with Crippen LogP contribution in [0.15, 0.2) is 24.1 Å². The maximum Gasteiger partial charge on any atom is 0.318 e. The van der Waals surface area contributed by atoms with Gasteiger partial charge in [-0.25, -0.2) is 0 Å². The van der Waals surface area contributed by atoms with Crippen molar-refractivity contribution < 1.29 is 14.3 Å². The molecule has 210 valence electrons. The van der Waals surface area contributed by atoms with Gasteiger partial charge in [-0.15, -0.1) is 11.3 Å². The molecule has 6 rings (SSSR count). The van der Waals surface area contributed by atoms with Crippen molar-refractivity contribution >= 4 is 34.0 Å². The molecule has 10 nitrogen and oxygen atoms in total. The van der Waals surface area contributed by atoms with Gasteiger partial charge in [-0.2, -0.15) is 15.2 Å². The fourth-order valence-electron chi connectivity index (χ4n) is 6.70. The Balaban J connectivity index is 1.32. The molecule has 1 aliphatic carbocycles. The molecule has 2 saturated heterocycles. The summed E-state index contributed by atoms with van der Waals surface area (Å²) in [5, 5.41) is 15.6. The summed E-state index contributed by atoms with van der Waals surface area (Å²) in [6.45, 7) is 6.75. The van der Waals surface area contributed by atoms with E-state index in [-0.39, 0.29) is 24.3 Å². The lowest BCUT2D eigenvalue weighted by Gasteiger charge is -2.43. The highest BCUT2D eigenvalue weighted by Gasteiger charge is 2.46. The van der Waals surface area contributed by atoms with Crippen molar-refractivity contribution in [1.82, 2.24) is 19.8 Å². The van der Waals surface area contributed by atoms with Gasteiger partial charge in [-0.1, -0.05) is 6.58 Å². The van der Waals surface area contributed by atoms with Gasteiger partial charge in [0.15, 0.2) is 0 Å². The van der Waals surface area contributed by atoms with E-state index < -0.39 is 5.41 Å². The van der Waals surface area contributed by atoms with Gasteiger partial charge in [-0.05, 0) is 68.8 Å². The van der Waals surface area contributed by atoms with Crippen LogP contribution in [0.2, 0.25) is 0 Å². The molecule has 0 aromatic carbocycles. The average molecular weight is 562 g/mol. The molecular formula is C29H35N7O3S. The predicted octanol–water partition coefficient (Wildman–Crippen LogP) is 2.80. The highest BCUT2D eigenvalue weighted by molar-refractivity contribution is 7.14. The molecule has 2 fully saturated rings. The van der Waals surface area contributed by atoms with Gasteiger partial charge < -0.3 is 24.8 Å². The normalized spacial score (nSPS) is 26.1. The van der Waals surface area contributed by atoms with Gasteiger partial charge >= 0.3 is 6.01 Å². The van der Waals surface area contributed by atoms with Crippen LogP contribution in [0.4, 0.5) is 10.8 Å². The van der Waals surface area contributed by atoms with Crippen LogP contribution in [0, 0.1) is 16.7 Å². The number of hydrogen-bond donors (Lipinski definition) is 1. The number of likely N-dealkylation sites (N-methyl/N-ethyl adjacent to an activating group) is 1. The second kappa shape index (κ2) is 10.8. The summed E-state index contributed by atoms with van der Waals surface area (Å²) in [7, 11) is 2.11. The molecule has 11 heteroatoms. The zero-order valence-electron chi connectivity index (χ0n) is 22.9. The topological polar surface area (TPSA) is 115 Å². The number of nitriles is 1. The first-order valence-electron chi connectivity index (χ1n) is 14.1. The summed E-state index contributed by atoms with van der Waals surface area (Å²) in [6.07, 6.45) is 6.38. The first-order chi connectivity index (χ1) is 19.4. The van der Waals surface area contributed by atoms with Crippen LogP contribution < -0.4 is 15.0 Å². The number of amides is 2. The van der Waals surface area contributed by atoms with Gasteiger partial charge in [0.2, 0.25) is 11.8 Å². The Labute approximate surface area is 238 Å². The van der Waals surface area contributed by atoms with Crippen molar-refractivity contribution in [2.45, 2.75) is 57.0 Å². The van der Waals surface area contributed by atoms with Crippen molar-refractivity contribution in [3.63, 3.8) is 0 Å². The quantitative estimate of drug-likeness (QED) is 0.536. The van der Waals surface area contributed by atoms with E-state index >= 15 is 0 Å². The lowest BCUT2D eigenvalue weighted by molar-refractivity contribution is -0.128. The van der Waals surface area contributed by atoms with E-state index in [0.29, 0.717) is 64.0 Å². The van der Waals surface area contributed by atoms with E-state index in [1.54, 1.807) is 16.2 Å². The van der Waals surface area contributed by atoms with Crippen LogP contribution in [0.1, 0.15) is 42.5 Å². The maximum atomic E-state index is 13.4. The summed E-state index contributed by atoms with van der Waals surface area (Å²) in [5.41, 5.74) is 2.54. The van der Waals surface area contributed by atoms with Gasteiger partial charge in [0.1, 0.15) is 12.4 Å². The highest BCUT2D eigenvalue weighted by atomic mass is 32.1. The fourth-order valence-corrected chi connectivity index (χ4v) is 7.51. The SMILES string of the molecule is C=CC(=O)N1CCN(c2nc(OCC3CCCN3C)nc3c2CCC2(Cc4ccsc4NC2=O)C3)CC1CC#N. The third-order valence-corrected chi connectivity index (χ3v) is 9.91. The van der Waals surface area contributed by atoms with Gasteiger partial charge in [0, 0.05) is 37.7 Å². The zero-order valence-corrected chi connectivity index (χ0v) is 23.7. The molecule has 0 saturated carbocycles. The fraction of sp³-hybridized carbons (Fsp3) is 0.552. The summed E-state index contributed by atoms with van der Waals surface area (Å²) in [4.78, 5) is 41.9. The van der Waals surface area contributed by atoms with Gasteiger partial charge in [0.25, 0.3) is 0 Å². The molecule has 1 N–H and O–H groups in total. The smallest absolute Gasteiger partial charge is 0.318 e. The van der Waals surface area contributed by atoms with Crippen LogP contribution in [-0.4, -0.2) is 83.5 Å². The standard InChI is InChI=1S/C29H35N7O3S/c1-3-24(37)36-13-12-35(17-20(36)7-10-30)25-22-6-9-29(15-19-8-14-40-26(19)33-27(29)38)16-23(22)31-28(32-25)39-18-21-5-4-11-34(21)2/h3,8,14,20-21H,1,4-7,9,11-13,15-18H2,2H3,(H,33,38). The molecule has 4 aliphatic rings. The Hall–Kier alpha value is -3.49. The van der Waals surface area contributed by atoms with Crippen molar-refractivity contribution in [2.24, 2.45) is 5.41 Å². The van der Waals surface area contributed by atoms with Crippen molar-refractivity contribution in [2.75, 3.05) is 50.1 Å². The highest BCUT2D eigenvalue weighted by Crippen LogP contribution is 2.46. The number of nitrogens with zero attached hydrogens (tertiary/aromatic N) is 6. The molecule has 5 heterocycles. The Kier molecular flexibility index (Phi) is 7.23. The number of piperazine rings is 1. The molecule has 3 atom stereocenters. The second-order valence-corrected chi connectivity index (χ2v) is 12.3. The number of hydrogen-bond acceptors (Lipinski definition) is 9. The van der Waals surface area contributed by atoms with Gasteiger partial charge in [-0.3, -0.25) is 9.59 Å². The minimum atomic E-state index is -0.548. The number of aromatic nitrogens is 2. The Morgan fingerprint density at radius 2 is 2.20 bits per heavy atom. The number of carbonyl (C=O) groups excluding carboxylic acids is 2. The zero-order chi connectivity index (χ0) is 27.9. The summed E-state index contributed by atoms with van der Waals surface area (Å²) in [6, 6.07) is 4.74. The minimum Gasteiger partial charge on any atom is -0.462 e. The molecule has 40 heavy (non-hydrogen) atoms. The number of ether oxygens (including phenoxy) is 1. The summed E-state index contributed by atoms with van der Waals surface area (Å²) in [5.74, 6) is 0.706. The largest absolute Gasteiger partial charge is 0.462 e. The van der Waals surface area contributed by atoms with Crippen LogP contribution in [0.5, 0.6) is 6.01 Å². The number of fused-ring (bicyclic) bond motifs is 2. The van der Waals surface area contributed by atoms with E-state index in [9.17, 15) is 14.9 Å². The van der Waals surface area contributed by atoms with Crippen LogP contribution >= 0.6 is 11.3 Å². The molecule has 1 spiro atoms. The molecule has 3 unspecified atom stereocenters. The lowest BCUT2D eigenvalue weighted by Crippen LogP contribution is -2.55. The maximum absolute atomic E-state index is 13.4. The number of carbonyl (C=O) groups is 2. The molecule has 0 bridgehead atoms. The first kappa shape index (κ1) is 26.7. The van der Waals surface area contributed by atoms with Crippen LogP contribution in [-0.2, 0) is 28.9 Å². The molecule has 2 amide bonds. The first-order valence-corrected chi connectivity index (χ1v) is 14.9. The molecule has 2 aromatic rings. The van der Waals surface area contributed by atoms with E-state index in [1.165, 1.54) is 11.6 Å². The third kappa shape index (κ3) is 4.84. The summed E-state index contributed by atoms with van der Waals surface area (Å²) >= 11 is 1.57. The van der Waals surface area contributed by atoms with Crippen molar-refractivity contribution in [1.29, 1.82) is 5.26 Å². The monoisotopic (exact) mass is 561 g/mol. The molecule has 3 aliphatic heterocycles. The Bertz CT molecular complexity index is 1370. The number of likely N-dealkylation sites (tertiary alicyclic amines) is 1. The number of anilines is 2. The number of rotatable bonds is 6. The Morgan fingerprint density at radius 3 is 2.98 bits per heavy atom. The van der Waals surface area contributed by atoms with E-state index in [1.807, 2.05) is 5.38 Å². The number of nitrogens with one attached hydrogen (secondary N) is 1. The summed E-state index contributed by atoms with van der Waals surface area (Å²) < 4.78 is 6.24.